The number of ether oxygens (including phenoxy) is 1. The second-order valence-corrected chi connectivity index (χ2v) is 8.90. The molecule has 0 atom stereocenters. The molecule has 0 spiro atoms. The summed E-state index contributed by atoms with van der Waals surface area (Å²) in [5, 5.41) is 0. The van der Waals surface area contributed by atoms with E-state index in [9.17, 15) is 8.42 Å². The molecule has 5 nitrogen and oxygen atoms in total. The molecule has 0 heterocycles. The molecule has 0 aliphatic heterocycles. The zero-order chi connectivity index (χ0) is 15.6. The van der Waals surface area contributed by atoms with Gasteiger partial charge in [0.2, 0.25) is 10.0 Å². The molecular formula is C13H18Br2N2O3S. The van der Waals surface area contributed by atoms with Crippen LogP contribution >= 0.6 is 31.9 Å². The molecule has 0 bridgehead atoms. The van der Waals surface area contributed by atoms with Crippen LogP contribution in [0.1, 0.15) is 12.8 Å². The first kappa shape index (κ1) is 17.2. The maximum Gasteiger partial charge on any atom is 0.246 e. The summed E-state index contributed by atoms with van der Waals surface area (Å²) in [6, 6.07) is 3.25. The van der Waals surface area contributed by atoms with E-state index in [2.05, 4.69) is 31.9 Å². The van der Waals surface area contributed by atoms with Crippen molar-refractivity contribution >= 4 is 47.6 Å². The number of benzene rings is 1. The number of hydrogen-bond acceptors (Lipinski definition) is 4. The lowest BCUT2D eigenvalue weighted by Gasteiger charge is -2.19. The second-order valence-electron chi connectivity index (χ2n) is 5.15. The molecule has 1 aliphatic carbocycles. The van der Waals surface area contributed by atoms with Gasteiger partial charge in [-0.25, -0.2) is 8.42 Å². The third-order valence-corrected chi connectivity index (χ3v) is 6.63. The lowest BCUT2D eigenvalue weighted by Crippen LogP contribution is -2.31. The van der Waals surface area contributed by atoms with Crippen LogP contribution in [0.2, 0.25) is 0 Å². The Bertz CT molecular complexity index is 595. The molecule has 1 fully saturated rings. The van der Waals surface area contributed by atoms with Gasteiger partial charge in [0.05, 0.1) is 12.3 Å². The summed E-state index contributed by atoms with van der Waals surface area (Å²) in [6.45, 7) is 1.41. The lowest BCUT2D eigenvalue weighted by atomic mass is 10.3. The first-order valence-electron chi connectivity index (χ1n) is 6.61. The molecule has 0 radical (unpaired) electrons. The monoisotopic (exact) mass is 440 g/mol. The maximum absolute atomic E-state index is 12.6. The predicted molar refractivity (Wildman–Crippen MR) is 89.6 cm³/mol. The molecule has 21 heavy (non-hydrogen) atoms. The van der Waals surface area contributed by atoms with Crippen molar-refractivity contribution in [3.63, 3.8) is 0 Å². The van der Waals surface area contributed by atoms with Gasteiger partial charge in [-0.1, -0.05) is 15.9 Å². The van der Waals surface area contributed by atoms with E-state index in [1.54, 1.807) is 12.1 Å². The summed E-state index contributed by atoms with van der Waals surface area (Å²) >= 11 is 6.55. The average Bonchev–Trinajstić information content (AvgIpc) is 3.16. The Morgan fingerprint density at radius 3 is 2.62 bits per heavy atom. The average molecular weight is 442 g/mol. The molecule has 2 N–H and O–H groups in total. The summed E-state index contributed by atoms with van der Waals surface area (Å²) in [4.78, 5) is 0.0930. The van der Waals surface area contributed by atoms with Crippen LogP contribution in [0.15, 0.2) is 26.0 Å². The standard InChI is InChI=1S/C13H18Br2N2O3S/c1-17(4-5-20-8-9-2-3-9)21(18,19)13-11(15)6-10(14)7-12(13)16/h6-7,9H,2-5,8,16H2,1H3. The van der Waals surface area contributed by atoms with Crippen molar-refractivity contribution in [3.05, 3.63) is 21.1 Å². The number of rotatable bonds is 7. The predicted octanol–water partition coefficient (Wildman–Crippen LogP) is 2.84. The summed E-state index contributed by atoms with van der Waals surface area (Å²) in [5.41, 5.74) is 6.06. The first-order chi connectivity index (χ1) is 9.82. The molecule has 118 valence electrons. The number of likely N-dealkylation sites (N-methyl/N-ethyl adjacent to an activating group) is 1. The second kappa shape index (κ2) is 6.95. The van der Waals surface area contributed by atoms with Gasteiger partial charge in [-0.15, -0.1) is 0 Å². The van der Waals surface area contributed by atoms with Gasteiger partial charge in [0.15, 0.2) is 0 Å². The van der Waals surface area contributed by atoms with E-state index in [-0.39, 0.29) is 10.6 Å². The highest BCUT2D eigenvalue weighted by atomic mass is 79.9. The Morgan fingerprint density at radius 1 is 1.38 bits per heavy atom. The molecule has 0 unspecified atom stereocenters. The maximum atomic E-state index is 12.6. The Morgan fingerprint density at radius 2 is 2.05 bits per heavy atom. The van der Waals surface area contributed by atoms with Crippen LogP contribution in [-0.2, 0) is 14.8 Å². The largest absolute Gasteiger partial charge is 0.398 e. The zero-order valence-corrected chi connectivity index (χ0v) is 15.7. The number of sulfonamides is 1. The molecule has 8 heteroatoms. The van der Waals surface area contributed by atoms with Gasteiger partial charge in [-0.3, -0.25) is 0 Å². The topological polar surface area (TPSA) is 72.6 Å². The van der Waals surface area contributed by atoms with Crippen LogP contribution in [0.5, 0.6) is 0 Å². The fourth-order valence-corrected chi connectivity index (χ4v) is 5.02. The Hall–Kier alpha value is -0.150. The Balaban J connectivity index is 2.05. The molecule has 1 aromatic rings. The van der Waals surface area contributed by atoms with Gasteiger partial charge >= 0.3 is 0 Å². The van der Waals surface area contributed by atoms with Crippen LogP contribution < -0.4 is 5.73 Å². The minimum absolute atomic E-state index is 0.0930. The van der Waals surface area contributed by atoms with Crippen LogP contribution in [0.4, 0.5) is 5.69 Å². The quantitative estimate of drug-likeness (QED) is 0.521. The zero-order valence-electron chi connectivity index (χ0n) is 11.7. The Labute approximate surface area is 142 Å². The lowest BCUT2D eigenvalue weighted by molar-refractivity contribution is 0.117. The molecule has 0 saturated heterocycles. The van der Waals surface area contributed by atoms with Crippen LogP contribution in [0.25, 0.3) is 0 Å². The summed E-state index contributed by atoms with van der Waals surface area (Å²) in [6.07, 6.45) is 2.44. The Kier molecular flexibility index (Phi) is 5.70. The van der Waals surface area contributed by atoms with Crippen LogP contribution in [-0.4, -0.2) is 39.5 Å². The van der Waals surface area contributed by atoms with Crippen molar-refractivity contribution in [2.75, 3.05) is 32.5 Å². The molecule has 1 aliphatic rings. The normalized spacial score (nSPS) is 15.6. The van der Waals surface area contributed by atoms with Crippen molar-refractivity contribution in [1.29, 1.82) is 0 Å². The van der Waals surface area contributed by atoms with E-state index in [0.717, 1.165) is 11.1 Å². The molecule has 1 saturated carbocycles. The van der Waals surface area contributed by atoms with Gasteiger partial charge in [0.25, 0.3) is 0 Å². The number of halogens is 2. The van der Waals surface area contributed by atoms with Crippen LogP contribution in [0, 0.1) is 5.92 Å². The van der Waals surface area contributed by atoms with Crippen molar-refractivity contribution in [3.8, 4) is 0 Å². The van der Waals surface area contributed by atoms with E-state index in [0.29, 0.717) is 23.5 Å². The number of nitrogens with two attached hydrogens (primary N) is 1. The van der Waals surface area contributed by atoms with E-state index in [1.807, 2.05) is 0 Å². The minimum atomic E-state index is -3.64. The highest BCUT2D eigenvalue weighted by Crippen LogP contribution is 2.33. The molecule has 0 amide bonds. The highest BCUT2D eigenvalue weighted by Gasteiger charge is 2.26. The van der Waals surface area contributed by atoms with E-state index in [1.165, 1.54) is 24.2 Å². The summed E-state index contributed by atoms with van der Waals surface area (Å²) in [7, 11) is -2.11. The molecule has 0 aromatic heterocycles. The SMILES string of the molecule is CN(CCOCC1CC1)S(=O)(=O)c1c(N)cc(Br)cc1Br. The summed E-state index contributed by atoms with van der Waals surface area (Å²) in [5.74, 6) is 0.670. The van der Waals surface area contributed by atoms with E-state index >= 15 is 0 Å². The third-order valence-electron chi connectivity index (χ3n) is 3.31. The third kappa shape index (κ3) is 4.41. The molecule has 2 rings (SSSR count). The smallest absolute Gasteiger partial charge is 0.246 e. The summed E-state index contributed by atoms with van der Waals surface area (Å²) < 4.78 is 33.1. The first-order valence-corrected chi connectivity index (χ1v) is 9.63. The highest BCUT2D eigenvalue weighted by molar-refractivity contribution is 9.11. The van der Waals surface area contributed by atoms with Crippen molar-refractivity contribution in [1.82, 2.24) is 4.31 Å². The van der Waals surface area contributed by atoms with Gasteiger partial charge in [-0.2, -0.15) is 4.31 Å². The van der Waals surface area contributed by atoms with E-state index < -0.39 is 10.0 Å². The fourth-order valence-electron chi connectivity index (χ4n) is 1.86. The van der Waals surface area contributed by atoms with Gasteiger partial charge in [0.1, 0.15) is 4.90 Å². The minimum Gasteiger partial charge on any atom is -0.398 e. The fraction of sp³-hybridized carbons (Fsp3) is 0.538. The van der Waals surface area contributed by atoms with Gasteiger partial charge < -0.3 is 10.5 Å². The number of nitrogen functional groups attached to an aromatic ring is 1. The number of anilines is 1. The van der Waals surface area contributed by atoms with E-state index in [4.69, 9.17) is 10.5 Å². The van der Waals surface area contributed by atoms with Crippen molar-refractivity contribution in [2.45, 2.75) is 17.7 Å². The van der Waals surface area contributed by atoms with Gasteiger partial charge in [-0.05, 0) is 46.8 Å². The molecular weight excluding hydrogens is 424 g/mol. The van der Waals surface area contributed by atoms with Crippen molar-refractivity contribution in [2.24, 2.45) is 5.92 Å². The number of nitrogens with zero attached hydrogens (tertiary/aromatic N) is 1. The molecule has 1 aromatic carbocycles. The van der Waals surface area contributed by atoms with Gasteiger partial charge in [0, 0.05) is 29.1 Å². The van der Waals surface area contributed by atoms with Crippen LogP contribution in [0.3, 0.4) is 0 Å². The number of hydrogen-bond donors (Lipinski definition) is 1. The van der Waals surface area contributed by atoms with Crippen molar-refractivity contribution < 1.29 is 13.2 Å².